The van der Waals surface area contributed by atoms with Gasteiger partial charge in [-0.15, -0.1) is 11.3 Å². The number of nitrogens with one attached hydrogen (secondary N) is 1. The van der Waals surface area contributed by atoms with E-state index in [1.807, 2.05) is 0 Å². The summed E-state index contributed by atoms with van der Waals surface area (Å²) in [5, 5.41) is 20.1. The van der Waals surface area contributed by atoms with Gasteiger partial charge in [-0.2, -0.15) is 0 Å². The van der Waals surface area contributed by atoms with E-state index in [1.54, 1.807) is 0 Å². The number of fused-ring (bicyclic) bond motifs is 1. The van der Waals surface area contributed by atoms with Gasteiger partial charge in [-0.25, -0.2) is 9.59 Å². The third kappa shape index (κ3) is 3.33. The fraction of sp³-hybridized carbons (Fsp3) is 0.429. The van der Waals surface area contributed by atoms with Gasteiger partial charge in [0.25, 0.3) is 0 Å². The second-order valence-electron chi connectivity index (χ2n) is 5.29. The molecule has 0 aromatic carbocycles. The highest BCUT2D eigenvalue weighted by atomic mass is 32.1. The van der Waals surface area contributed by atoms with Gasteiger partial charge >= 0.3 is 17.8 Å². The SMILES string of the molecule is CC(=O)CC1CCc2c(sc(NC(=O)C(=O)O)c2C(=O)O)C1. The summed E-state index contributed by atoms with van der Waals surface area (Å²) in [7, 11) is 0. The molecule has 0 spiro atoms. The van der Waals surface area contributed by atoms with Gasteiger partial charge in [0, 0.05) is 11.3 Å². The van der Waals surface area contributed by atoms with E-state index >= 15 is 0 Å². The van der Waals surface area contributed by atoms with E-state index in [2.05, 4.69) is 5.32 Å². The zero-order chi connectivity index (χ0) is 16.4. The maximum absolute atomic E-state index is 11.4. The van der Waals surface area contributed by atoms with Gasteiger partial charge < -0.3 is 20.3 Å². The number of Topliss-reactive ketones (excluding diaryl/α,β-unsaturated/α-hetero) is 1. The second-order valence-corrected chi connectivity index (χ2v) is 6.39. The molecule has 0 radical (unpaired) electrons. The molecule has 0 aliphatic heterocycles. The Morgan fingerprint density at radius 3 is 2.50 bits per heavy atom. The van der Waals surface area contributed by atoms with Crippen LogP contribution in [0.5, 0.6) is 0 Å². The minimum atomic E-state index is -1.67. The number of carboxylic acids is 2. The number of ketones is 1. The quantitative estimate of drug-likeness (QED) is 0.722. The van der Waals surface area contributed by atoms with E-state index in [4.69, 9.17) is 5.11 Å². The highest BCUT2D eigenvalue weighted by molar-refractivity contribution is 7.17. The van der Waals surface area contributed by atoms with Gasteiger partial charge in [0.15, 0.2) is 0 Å². The van der Waals surface area contributed by atoms with Crippen LogP contribution in [0.2, 0.25) is 0 Å². The topological polar surface area (TPSA) is 121 Å². The number of carboxylic acid groups (broad SMARTS) is 2. The molecule has 7 nitrogen and oxygen atoms in total. The molecule has 1 amide bonds. The molecule has 1 aliphatic rings. The molecule has 1 heterocycles. The van der Waals surface area contributed by atoms with Crippen LogP contribution >= 0.6 is 11.3 Å². The molecule has 0 saturated carbocycles. The number of amides is 1. The fourth-order valence-corrected chi connectivity index (χ4v) is 4.05. The molecular formula is C14H15NO6S. The summed E-state index contributed by atoms with van der Waals surface area (Å²) in [6, 6.07) is 0. The Bertz CT molecular complexity index is 663. The van der Waals surface area contributed by atoms with E-state index in [0.29, 0.717) is 31.2 Å². The number of hydrogen-bond donors (Lipinski definition) is 3. The minimum absolute atomic E-state index is 0.0316. The van der Waals surface area contributed by atoms with Crippen LogP contribution in [0.4, 0.5) is 5.00 Å². The van der Waals surface area contributed by atoms with Crippen LogP contribution in [-0.4, -0.2) is 33.8 Å². The Kier molecular flexibility index (Phi) is 4.60. The number of aliphatic carboxylic acids is 1. The van der Waals surface area contributed by atoms with Crippen LogP contribution in [-0.2, 0) is 27.2 Å². The zero-order valence-electron chi connectivity index (χ0n) is 11.8. The molecule has 2 rings (SSSR count). The molecule has 22 heavy (non-hydrogen) atoms. The van der Waals surface area contributed by atoms with Crippen molar-refractivity contribution in [1.82, 2.24) is 0 Å². The number of rotatable bonds is 4. The molecule has 3 N–H and O–H groups in total. The highest BCUT2D eigenvalue weighted by Crippen LogP contribution is 2.40. The second kappa shape index (κ2) is 6.27. The van der Waals surface area contributed by atoms with Crippen LogP contribution in [0.25, 0.3) is 0 Å². The van der Waals surface area contributed by atoms with Crippen molar-refractivity contribution in [3.05, 3.63) is 16.0 Å². The van der Waals surface area contributed by atoms with Gasteiger partial charge in [-0.1, -0.05) is 0 Å². The minimum Gasteiger partial charge on any atom is -0.478 e. The van der Waals surface area contributed by atoms with Gasteiger partial charge in [-0.05, 0) is 37.7 Å². The van der Waals surface area contributed by atoms with Crippen LogP contribution in [0.1, 0.15) is 40.6 Å². The van der Waals surface area contributed by atoms with Crippen molar-refractivity contribution in [1.29, 1.82) is 0 Å². The first-order chi connectivity index (χ1) is 10.3. The van der Waals surface area contributed by atoms with Crippen molar-refractivity contribution < 1.29 is 29.4 Å². The lowest BCUT2D eigenvalue weighted by atomic mass is 9.84. The average Bonchev–Trinajstić information content (AvgIpc) is 2.74. The predicted octanol–water partition coefficient (Wildman–Crippen LogP) is 1.55. The first-order valence-corrected chi connectivity index (χ1v) is 7.52. The van der Waals surface area contributed by atoms with E-state index in [-0.39, 0.29) is 22.3 Å². The van der Waals surface area contributed by atoms with Crippen LogP contribution in [0.3, 0.4) is 0 Å². The van der Waals surface area contributed by atoms with Gasteiger partial charge in [0.05, 0.1) is 5.56 Å². The van der Waals surface area contributed by atoms with Crippen molar-refractivity contribution in [2.24, 2.45) is 5.92 Å². The standard InChI is InChI=1S/C14H15NO6S/c1-6(16)4-7-2-3-8-9(5-7)22-12(10(8)13(18)19)15-11(17)14(20)21/h7H,2-5H2,1H3,(H,15,17)(H,18,19)(H,20,21). The lowest BCUT2D eigenvalue weighted by Crippen LogP contribution is -2.22. The van der Waals surface area contributed by atoms with Crippen molar-refractivity contribution in [2.75, 3.05) is 5.32 Å². The molecule has 0 fully saturated rings. The monoisotopic (exact) mass is 325 g/mol. The lowest BCUT2D eigenvalue weighted by Gasteiger charge is -2.21. The van der Waals surface area contributed by atoms with Crippen molar-refractivity contribution in [3.63, 3.8) is 0 Å². The van der Waals surface area contributed by atoms with Gasteiger partial charge in [-0.3, -0.25) is 4.79 Å². The molecule has 1 atom stereocenters. The highest BCUT2D eigenvalue weighted by Gasteiger charge is 2.30. The first kappa shape index (κ1) is 16.2. The van der Waals surface area contributed by atoms with Gasteiger partial charge in [0.2, 0.25) is 0 Å². The summed E-state index contributed by atoms with van der Waals surface area (Å²) in [6.07, 6.45) is 2.23. The summed E-state index contributed by atoms with van der Waals surface area (Å²) in [4.78, 5) is 45.3. The van der Waals surface area contributed by atoms with Gasteiger partial charge in [0.1, 0.15) is 10.8 Å². The van der Waals surface area contributed by atoms with Crippen LogP contribution in [0, 0.1) is 5.92 Å². The van der Waals surface area contributed by atoms with Crippen LogP contribution in [0.15, 0.2) is 0 Å². The Labute approximate surface area is 129 Å². The number of anilines is 1. The fourth-order valence-electron chi connectivity index (χ4n) is 2.71. The molecule has 118 valence electrons. The molecule has 0 bridgehead atoms. The number of carbonyl (C=O) groups excluding carboxylic acids is 2. The summed E-state index contributed by atoms with van der Waals surface area (Å²) in [6.45, 7) is 1.52. The zero-order valence-corrected chi connectivity index (χ0v) is 12.7. The maximum atomic E-state index is 11.4. The van der Waals surface area contributed by atoms with E-state index < -0.39 is 17.8 Å². The number of hydrogen-bond acceptors (Lipinski definition) is 5. The smallest absolute Gasteiger partial charge is 0.394 e. The summed E-state index contributed by atoms with van der Waals surface area (Å²) in [5.41, 5.74) is 0.605. The third-order valence-electron chi connectivity index (χ3n) is 3.58. The van der Waals surface area contributed by atoms with Crippen molar-refractivity contribution >= 4 is 40.0 Å². The van der Waals surface area contributed by atoms with Crippen molar-refractivity contribution in [3.8, 4) is 0 Å². The molecular weight excluding hydrogens is 310 g/mol. The van der Waals surface area contributed by atoms with E-state index in [9.17, 15) is 24.3 Å². The Hall–Kier alpha value is -2.22. The summed E-state index contributed by atoms with van der Waals surface area (Å²) >= 11 is 1.08. The van der Waals surface area contributed by atoms with E-state index in [1.165, 1.54) is 6.92 Å². The lowest BCUT2D eigenvalue weighted by molar-refractivity contribution is -0.147. The number of thiophene rings is 1. The average molecular weight is 325 g/mol. The molecule has 1 aromatic rings. The molecule has 1 aliphatic carbocycles. The number of carbonyl (C=O) groups is 4. The van der Waals surface area contributed by atoms with Crippen molar-refractivity contribution in [2.45, 2.75) is 32.6 Å². The summed E-state index contributed by atoms with van der Waals surface area (Å²) in [5.74, 6) is -3.88. The van der Waals surface area contributed by atoms with E-state index in [0.717, 1.165) is 16.2 Å². The molecule has 0 saturated heterocycles. The Morgan fingerprint density at radius 2 is 1.95 bits per heavy atom. The third-order valence-corrected chi connectivity index (χ3v) is 4.75. The van der Waals surface area contributed by atoms with Crippen LogP contribution < -0.4 is 5.32 Å². The molecule has 1 unspecified atom stereocenters. The number of aromatic carboxylic acids is 1. The molecule has 1 aromatic heterocycles. The predicted molar refractivity (Wildman–Crippen MR) is 78.4 cm³/mol. The maximum Gasteiger partial charge on any atom is 0.394 e. The largest absolute Gasteiger partial charge is 0.478 e. The Balaban J connectivity index is 2.32. The normalized spacial score (nSPS) is 16.7. The summed E-state index contributed by atoms with van der Waals surface area (Å²) < 4.78 is 0. The Morgan fingerprint density at radius 1 is 1.27 bits per heavy atom. The first-order valence-electron chi connectivity index (χ1n) is 6.71. The molecule has 8 heteroatoms.